The van der Waals surface area contributed by atoms with E-state index in [1.807, 2.05) is 5.32 Å². The molecule has 1 heterocycles. The molecule has 2 aromatic carbocycles. The average molecular weight is 606 g/mol. The first-order valence-electron chi connectivity index (χ1n) is 10.7. The second-order valence-electron chi connectivity index (χ2n) is 8.58. The van der Waals surface area contributed by atoms with Gasteiger partial charge in [-0.25, -0.2) is 8.78 Å². The van der Waals surface area contributed by atoms with Crippen molar-refractivity contribution in [2.45, 2.75) is 37.2 Å². The van der Waals surface area contributed by atoms with Crippen molar-refractivity contribution in [3.8, 4) is 0 Å². The molecule has 0 aliphatic carbocycles. The molecule has 1 aliphatic heterocycles. The van der Waals surface area contributed by atoms with Gasteiger partial charge in [-0.1, -0.05) is 34.4 Å². The smallest absolute Gasteiger partial charge is 0.374 e. The maximum Gasteiger partial charge on any atom is 0.435 e. The Morgan fingerprint density at radius 2 is 1.59 bits per heavy atom. The van der Waals surface area contributed by atoms with Gasteiger partial charge in [0.15, 0.2) is 0 Å². The van der Waals surface area contributed by atoms with E-state index in [2.05, 4.69) is 5.16 Å². The SMILES string of the molecule is CC(F)(F)CNC(=O)CNC(=O)c1ccc(C2=NO[C@](c3cc(Cl)cc(Cl)c3)(C(F)(F)F)C2)cc1C(F)(F)F. The third kappa shape index (κ3) is 7.10. The van der Waals surface area contributed by atoms with Crippen LogP contribution >= 0.6 is 23.2 Å². The van der Waals surface area contributed by atoms with E-state index in [4.69, 9.17) is 28.0 Å². The van der Waals surface area contributed by atoms with Crippen molar-refractivity contribution in [3.63, 3.8) is 0 Å². The summed E-state index contributed by atoms with van der Waals surface area (Å²) in [6, 6.07) is 5.05. The third-order valence-corrected chi connectivity index (χ3v) is 5.86. The van der Waals surface area contributed by atoms with Gasteiger partial charge >= 0.3 is 12.4 Å². The summed E-state index contributed by atoms with van der Waals surface area (Å²) in [6.45, 7) is -1.45. The van der Waals surface area contributed by atoms with Crippen LogP contribution in [0.4, 0.5) is 35.1 Å². The van der Waals surface area contributed by atoms with Crippen LogP contribution < -0.4 is 10.6 Å². The van der Waals surface area contributed by atoms with Gasteiger partial charge in [-0.3, -0.25) is 9.59 Å². The molecule has 1 atom stereocenters. The summed E-state index contributed by atoms with van der Waals surface area (Å²) in [7, 11) is 0. The zero-order valence-electron chi connectivity index (χ0n) is 19.5. The highest BCUT2D eigenvalue weighted by molar-refractivity contribution is 6.34. The van der Waals surface area contributed by atoms with Crippen LogP contribution in [0, 0.1) is 0 Å². The van der Waals surface area contributed by atoms with Crippen LogP contribution in [-0.4, -0.2) is 42.7 Å². The van der Waals surface area contributed by atoms with E-state index < -0.39 is 83.2 Å². The Bertz CT molecular complexity index is 1290. The Labute approximate surface area is 225 Å². The van der Waals surface area contributed by atoms with E-state index >= 15 is 0 Å². The number of carbonyl (C=O) groups excluding carboxylic acids is 2. The summed E-state index contributed by atoms with van der Waals surface area (Å²) in [5.74, 6) is -5.72. The molecule has 0 saturated heterocycles. The molecule has 0 saturated carbocycles. The molecular formula is C23H17Cl2F8N3O3. The number of halogens is 10. The maximum absolute atomic E-state index is 14.2. The summed E-state index contributed by atoms with van der Waals surface area (Å²) in [4.78, 5) is 28.8. The molecule has 16 heteroatoms. The monoisotopic (exact) mass is 605 g/mol. The fourth-order valence-electron chi connectivity index (χ4n) is 3.57. The minimum atomic E-state index is -5.16. The minimum absolute atomic E-state index is 0.148. The van der Waals surface area contributed by atoms with Crippen LogP contribution in [0.25, 0.3) is 0 Å². The lowest BCUT2D eigenvalue weighted by Crippen LogP contribution is -2.42. The van der Waals surface area contributed by atoms with E-state index in [0.29, 0.717) is 19.1 Å². The number of nitrogens with one attached hydrogen (secondary N) is 2. The summed E-state index contributed by atoms with van der Waals surface area (Å²) < 4.78 is 110. The fourth-order valence-corrected chi connectivity index (χ4v) is 4.10. The van der Waals surface area contributed by atoms with Gasteiger partial charge in [0.25, 0.3) is 17.4 Å². The minimum Gasteiger partial charge on any atom is -0.374 e. The van der Waals surface area contributed by atoms with Gasteiger partial charge in [0, 0.05) is 34.5 Å². The summed E-state index contributed by atoms with van der Waals surface area (Å²) >= 11 is 11.7. The fraction of sp³-hybridized carbons (Fsp3) is 0.348. The zero-order chi connectivity index (χ0) is 29.4. The lowest BCUT2D eigenvalue weighted by atomic mass is 9.86. The second-order valence-corrected chi connectivity index (χ2v) is 9.45. The summed E-state index contributed by atoms with van der Waals surface area (Å²) in [6.07, 6.45) is -11.3. The Morgan fingerprint density at radius 3 is 2.13 bits per heavy atom. The number of oxime groups is 1. The number of carbonyl (C=O) groups is 2. The molecule has 0 aromatic heterocycles. The van der Waals surface area contributed by atoms with Crippen LogP contribution in [0.3, 0.4) is 0 Å². The van der Waals surface area contributed by atoms with Gasteiger partial charge in [0.05, 0.1) is 29.9 Å². The van der Waals surface area contributed by atoms with Crippen LogP contribution in [0.1, 0.15) is 40.4 Å². The highest BCUT2D eigenvalue weighted by atomic mass is 35.5. The Kier molecular flexibility index (Phi) is 8.42. The van der Waals surface area contributed by atoms with Crippen molar-refractivity contribution in [1.82, 2.24) is 10.6 Å². The number of hydrogen-bond acceptors (Lipinski definition) is 4. The molecule has 0 unspecified atom stereocenters. The Hall–Kier alpha value is -3.13. The Morgan fingerprint density at radius 1 is 0.974 bits per heavy atom. The molecular weight excluding hydrogens is 589 g/mol. The first kappa shape index (κ1) is 30.4. The molecule has 2 amide bonds. The zero-order valence-corrected chi connectivity index (χ0v) is 21.0. The number of rotatable bonds is 7. The van der Waals surface area contributed by atoms with Gasteiger partial charge in [-0.15, -0.1) is 0 Å². The highest BCUT2D eigenvalue weighted by Gasteiger charge is 2.62. The predicted octanol–water partition coefficient (Wildman–Crippen LogP) is 6.10. The van der Waals surface area contributed by atoms with Gasteiger partial charge in [-0.2, -0.15) is 26.3 Å². The largest absolute Gasteiger partial charge is 0.435 e. The first-order chi connectivity index (χ1) is 17.8. The lowest BCUT2D eigenvalue weighted by Gasteiger charge is -2.29. The van der Waals surface area contributed by atoms with Crippen molar-refractivity contribution in [1.29, 1.82) is 0 Å². The number of hydrogen-bond donors (Lipinski definition) is 2. The molecule has 2 N–H and O–H groups in total. The number of alkyl halides is 8. The molecule has 39 heavy (non-hydrogen) atoms. The molecule has 2 aromatic rings. The van der Waals surface area contributed by atoms with Crippen molar-refractivity contribution in [2.24, 2.45) is 5.16 Å². The molecule has 0 spiro atoms. The lowest BCUT2D eigenvalue weighted by molar-refractivity contribution is -0.275. The molecule has 212 valence electrons. The summed E-state index contributed by atoms with van der Waals surface area (Å²) in [5.41, 5.74) is -7.09. The maximum atomic E-state index is 14.2. The van der Waals surface area contributed by atoms with Crippen LogP contribution in [0.2, 0.25) is 10.0 Å². The van der Waals surface area contributed by atoms with Crippen molar-refractivity contribution in [3.05, 3.63) is 68.7 Å². The van der Waals surface area contributed by atoms with Gasteiger partial charge < -0.3 is 15.5 Å². The van der Waals surface area contributed by atoms with Crippen LogP contribution in [-0.2, 0) is 21.4 Å². The molecule has 1 aliphatic rings. The van der Waals surface area contributed by atoms with E-state index in [9.17, 15) is 44.7 Å². The third-order valence-electron chi connectivity index (χ3n) is 5.42. The van der Waals surface area contributed by atoms with Gasteiger partial charge in [0.1, 0.15) is 0 Å². The van der Waals surface area contributed by atoms with Crippen molar-refractivity contribution in [2.75, 3.05) is 13.1 Å². The van der Waals surface area contributed by atoms with E-state index in [-0.39, 0.29) is 10.0 Å². The molecule has 6 nitrogen and oxygen atoms in total. The standard InChI is InChI=1S/C23H17Cl2F8N3O3/c1-20(26,27)10-35-18(37)9-34-19(38)15-3-2-11(4-16(15)22(28,29)30)17-8-21(39-36-17,23(31,32)33)12-5-13(24)7-14(25)6-12/h2-7H,8-10H2,1H3,(H,34,38)(H,35,37)/t21-/m1/s1. The van der Waals surface area contributed by atoms with Crippen molar-refractivity contribution < 1.29 is 49.5 Å². The number of amides is 2. The van der Waals surface area contributed by atoms with E-state index in [1.165, 1.54) is 6.07 Å². The van der Waals surface area contributed by atoms with Crippen LogP contribution in [0.15, 0.2) is 41.6 Å². The molecule has 0 bridgehead atoms. The Balaban J connectivity index is 1.88. The second kappa shape index (κ2) is 10.8. The van der Waals surface area contributed by atoms with Crippen molar-refractivity contribution >= 4 is 40.7 Å². The first-order valence-corrected chi connectivity index (χ1v) is 11.5. The van der Waals surface area contributed by atoms with E-state index in [0.717, 1.165) is 18.2 Å². The van der Waals surface area contributed by atoms with Gasteiger partial charge in [0.2, 0.25) is 5.91 Å². The summed E-state index contributed by atoms with van der Waals surface area (Å²) in [5, 5.41) is 6.76. The average Bonchev–Trinajstić information content (AvgIpc) is 3.26. The number of nitrogens with zero attached hydrogens (tertiary/aromatic N) is 1. The van der Waals surface area contributed by atoms with E-state index in [1.54, 1.807) is 5.32 Å². The number of benzene rings is 2. The molecule has 0 radical (unpaired) electrons. The molecule has 0 fully saturated rings. The predicted molar refractivity (Wildman–Crippen MR) is 124 cm³/mol. The van der Waals surface area contributed by atoms with Gasteiger partial charge in [-0.05, 0) is 30.3 Å². The normalized spacial score (nSPS) is 17.9. The van der Waals surface area contributed by atoms with Crippen LogP contribution in [0.5, 0.6) is 0 Å². The topological polar surface area (TPSA) is 79.8 Å². The highest BCUT2D eigenvalue weighted by Crippen LogP contribution is 2.50. The molecule has 3 rings (SSSR count). The quantitative estimate of drug-likeness (QED) is 0.375.